The number of anilines is 2. The van der Waals surface area contributed by atoms with Crippen LogP contribution in [0.2, 0.25) is 5.15 Å². The van der Waals surface area contributed by atoms with E-state index in [1.807, 2.05) is 41.3 Å². The molecule has 2 fully saturated rings. The Morgan fingerprint density at radius 2 is 1.53 bits per heavy atom. The highest BCUT2D eigenvalue weighted by Gasteiger charge is 2.23. The van der Waals surface area contributed by atoms with Crippen LogP contribution >= 0.6 is 23.4 Å². The minimum absolute atomic E-state index is 0.00248. The molecule has 0 spiro atoms. The maximum absolute atomic E-state index is 13.2. The lowest BCUT2D eigenvalue weighted by Crippen LogP contribution is -2.48. The van der Waals surface area contributed by atoms with Gasteiger partial charge in [0.25, 0.3) is 11.6 Å². The fourth-order valence-electron chi connectivity index (χ4n) is 5.70. The summed E-state index contributed by atoms with van der Waals surface area (Å²) in [6.45, 7) is 7.07. The summed E-state index contributed by atoms with van der Waals surface area (Å²) < 4.78 is 0. The van der Waals surface area contributed by atoms with Crippen molar-refractivity contribution < 1.29 is 9.72 Å². The van der Waals surface area contributed by atoms with E-state index in [2.05, 4.69) is 56.1 Å². The number of rotatable bonds is 10. The summed E-state index contributed by atoms with van der Waals surface area (Å²) in [5, 5.41) is 12.0. The van der Waals surface area contributed by atoms with E-state index >= 15 is 0 Å². The summed E-state index contributed by atoms with van der Waals surface area (Å²) in [5.74, 6) is 1.51. The summed E-state index contributed by atoms with van der Waals surface area (Å²) >= 11 is 7.94. The number of nitrogens with zero attached hydrogens (tertiary/aromatic N) is 7. The summed E-state index contributed by atoms with van der Waals surface area (Å²) in [7, 11) is 0. The van der Waals surface area contributed by atoms with Gasteiger partial charge in [0.1, 0.15) is 11.0 Å². The second kappa shape index (κ2) is 15.4. The van der Waals surface area contributed by atoms with Crippen LogP contribution in [0.4, 0.5) is 17.2 Å². The fraction of sp³-hybridized carbons (Fsp3) is 0.286. The molecule has 0 radical (unpaired) electrons. The Balaban J connectivity index is 0.966. The number of hydrogen-bond donors (Lipinski definition) is 0. The van der Waals surface area contributed by atoms with E-state index in [0.29, 0.717) is 47.8 Å². The molecule has 2 aliphatic heterocycles. The zero-order valence-corrected chi connectivity index (χ0v) is 27.5. The van der Waals surface area contributed by atoms with Crippen molar-refractivity contribution >= 4 is 52.5 Å². The number of amides is 1. The van der Waals surface area contributed by atoms with Crippen molar-refractivity contribution in [3.63, 3.8) is 0 Å². The topological polar surface area (TPSA) is 99.0 Å². The molecule has 3 aromatic carbocycles. The maximum atomic E-state index is 13.2. The Bertz CT molecular complexity index is 1690. The molecule has 4 aromatic rings. The molecule has 12 heteroatoms. The lowest BCUT2D eigenvalue weighted by atomic mass is 10.1. The first-order valence-electron chi connectivity index (χ1n) is 15.7. The Morgan fingerprint density at radius 1 is 0.851 bits per heavy atom. The van der Waals surface area contributed by atoms with Crippen molar-refractivity contribution in [1.29, 1.82) is 0 Å². The fourth-order valence-corrected chi connectivity index (χ4v) is 6.74. The average Bonchev–Trinajstić information content (AvgIpc) is 3.11. The number of non-ortho nitro benzene ring substituents is 1. The van der Waals surface area contributed by atoms with E-state index in [1.165, 1.54) is 29.5 Å². The lowest BCUT2D eigenvalue weighted by Gasteiger charge is -2.36. The van der Waals surface area contributed by atoms with Gasteiger partial charge in [-0.25, -0.2) is 9.97 Å². The van der Waals surface area contributed by atoms with E-state index < -0.39 is 4.92 Å². The molecule has 0 unspecified atom stereocenters. The molecule has 2 saturated heterocycles. The van der Waals surface area contributed by atoms with Crippen molar-refractivity contribution in [3.05, 3.63) is 123 Å². The minimum atomic E-state index is -0.401. The van der Waals surface area contributed by atoms with Crippen LogP contribution in [0.25, 0.3) is 6.08 Å². The van der Waals surface area contributed by atoms with Gasteiger partial charge in [-0.15, -0.1) is 0 Å². The smallest absolute Gasteiger partial charge is 0.269 e. The van der Waals surface area contributed by atoms with Gasteiger partial charge in [0.05, 0.1) is 4.92 Å². The van der Waals surface area contributed by atoms with Gasteiger partial charge < -0.3 is 14.7 Å². The number of benzene rings is 3. The molecule has 242 valence electrons. The molecule has 47 heavy (non-hydrogen) atoms. The molecular formula is C35H36ClN7O3S. The molecule has 0 atom stereocenters. The molecule has 0 saturated carbocycles. The monoisotopic (exact) mass is 669 g/mol. The zero-order valence-electron chi connectivity index (χ0n) is 26.0. The molecule has 1 aromatic heterocycles. The van der Waals surface area contributed by atoms with E-state index in [4.69, 9.17) is 16.6 Å². The van der Waals surface area contributed by atoms with E-state index in [9.17, 15) is 14.9 Å². The number of thioether (sulfide) groups is 1. The maximum Gasteiger partial charge on any atom is 0.269 e. The van der Waals surface area contributed by atoms with Crippen LogP contribution in [-0.4, -0.2) is 89.5 Å². The second-order valence-corrected chi connectivity index (χ2v) is 12.8. The Hall–Kier alpha value is -4.45. The molecule has 0 N–H and O–H groups in total. The Morgan fingerprint density at radius 3 is 2.21 bits per heavy atom. The SMILES string of the molecule is O=C(c1ccc(CSc2nc(Cl)cc(N3CCN(CC=Cc4ccccc4)CC3)n2)cc1)N1CCN(c2ccc([N+](=O)[O-])cc2)CC1. The number of piperazine rings is 2. The van der Waals surface area contributed by atoms with Gasteiger partial charge in [-0.3, -0.25) is 19.8 Å². The molecule has 10 nitrogen and oxygen atoms in total. The minimum Gasteiger partial charge on any atom is -0.368 e. The number of nitro benzene ring substituents is 1. The quantitative estimate of drug-likeness (QED) is 0.0649. The number of halogens is 1. The van der Waals surface area contributed by atoms with Gasteiger partial charge in [-0.2, -0.15) is 0 Å². The van der Waals surface area contributed by atoms with Gasteiger partial charge >= 0.3 is 0 Å². The number of carbonyl (C=O) groups is 1. The molecule has 1 amide bonds. The highest BCUT2D eigenvalue weighted by Crippen LogP contribution is 2.26. The van der Waals surface area contributed by atoms with Gasteiger partial charge in [-0.1, -0.05) is 78.0 Å². The van der Waals surface area contributed by atoms with Gasteiger partial charge in [0, 0.05) is 94.1 Å². The number of nitro groups is 1. The predicted octanol–water partition coefficient (Wildman–Crippen LogP) is 6.13. The van der Waals surface area contributed by atoms with Gasteiger partial charge in [0.2, 0.25) is 0 Å². The molecule has 2 aliphatic rings. The molecular weight excluding hydrogens is 634 g/mol. The highest BCUT2D eigenvalue weighted by molar-refractivity contribution is 7.98. The molecule has 3 heterocycles. The van der Waals surface area contributed by atoms with E-state index in [1.54, 1.807) is 12.1 Å². The largest absolute Gasteiger partial charge is 0.368 e. The third-order valence-electron chi connectivity index (χ3n) is 8.39. The van der Waals surface area contributed by atoms with Crippen LogP contribution in [0.1, 0.15) is 21.5 Å². The summed E-state index contributed by atoms with van der Waals surface area (Å²) in [6, 6.07) is 26.4. The second-order valence-electron chi connectivity index (χ2n) is 11.5. The standard InChI is InChI=1S/C35H36ClN7O3S/c36-32-25-33(41-19-17-39(18-20-41)16-4-7-27-5-2-1-3-6-27)38-35(37-32)47-26-28-8-10-29(11-9-28)34(44)42-23-21-40(22-24-42)30-12-14-31(15-13-30)43(45)46/h1-15,25H,16-24,26H2. The van der Waals surface area contributed by atoms with Crippen LogP contribution in [0, 0.1) is 10.1 Å². The zero-order chi connectivity index (χ0) is 32.6. The summed E-state index contributed by atoms with van der Waals surface area (Å²) in [4.78, 5) is 41.7. The van der Waals surface area contributed by atoms with E-state index in [-0.39, 0.29) is 11.6 Å². The first kappa shape index (κ1) is 32.5. The Labute approximate surface area is 283 Å². The Kier molecular flexibility index (Phi) is 10.7. The van der Waals surface area contributed by atoms with E-state index in [0.717, 1.165) is 49.8 Å². The van der Waals surface area contributed by atoms with Crippen LogP contribution < -0.4 is 9.80 Å². The van der Waals surface area contributed by atoms with Gasteiger partial charge in [-0.05, 0) is 35.4 Å². The molecule has 0 bridgehead atoms. The van der Waals surface area contributed by atoms with Crippen LogP contribution in [0.3, 0.4) is 0 Å². The highest BCUT2D eigenvalue weighted by atomic mass is 35.5. The normalized spacial score (nSPS) is 15.7. The third-order valence-corrected chi connectivity index (χ3v) is 9.50. The first-order chi connectivity index (χ1) is 22.9. The predicted molar refractivity (Wildman–Crippen MR) is 188 cm³/mol. The van der Waals surface area contributed by atoms with Crippen LogP contribution in [0.5, 0.6) is 0 Å². The summed E-state index contributed by atoms with van der Waals surface area (Å²) in [5.41, 5.74) is 3.92. The lowest BCUT2D eigenvalue weighted by molar-refractivity contribution is -0.384. The first-order valence-corrected chi connectivity index (χ1v) is 17.0. The van der Waals surface area contributed by atoms with Crippen molar-refractivity contribution in [2.45, 2.75) is 10.9 Å². The van der Waals surface area contributed by atoms with Crippen LogP contribution in [-0.2, 0) is 5.75 Å². The van der Waals surface area contributed by atoms with Crippen molar-refractivity contribution in [3.8, 4) is 0 Å². The molecule has 0 aliphatic carbocycles. The van der Waals surface area contributed by atoms with Crippen molar-refractivity contribution in [1.82, 2.24) is 19.8 Å². The molecule has 6 rings (SSSR count). The number of aromatic nitrogens is 2. The van der Waals surface area contributed by atoms with Crippen molar-refractivity contribution in [2.24, 2.45) is 0 Å². The van der Waals surface area contributed by atoms with Crippen LogP contribution in [0.15, 0.2) is 96.2 Å². The third kappa shape index (κ3) is 8.68. The number of carbonyl (C=O) groups excluding carboxylic acids is 1. The van der Waals surface area contributed by atoms with Gasteiger partial charge in [0.15, 0.2) is 5.16 Å². The van der Waals surface area contributed by atoms with Crippen molar-refractivity contribution in [2.75, 3.05) is 68.7 Å². The number of hydrogen-bond acceptors (Lipinski definition) is 9. The summed E-state index contributed by atoms with van der Waals surface area (Å²) in [6.07, 6.45) is 4.39. The average molecular weight is 670 g/mol.